The molecule has 11 nitrogen and oxygen atoms in total. The molecule has 0 aromatic rings. The van der Waals surface area contributed by atoms with Crippen molar-refractivity contribution in [2.24, 2.45) is 31.0 Å². The summed E-state index contributed by atoms with van der Waals surface area (Å²) in [5.41, 5.74) is 2.85. The molecule has 2 aliphatic rings. The second-order valence-electron chi connectivity index (χ2n) is 7.04. The lowest BCUT2D eigenvalue weighted by atomic mass is 10.1. The van der Waals surface area contributed by atoms with Crippen molar-refractivity contribution < 1.29 is 13.3 Å². The van der Waals surface area contributed by atoms with Crippen molar-refractivity contribution in [3.8, 4) is 0 Å². The zero-order valence-electron chi connectivity index (χ0n) is 18.5. The van der Waals surface area contributed by atoms with Crippen molar-refractivity contribution >= 4 is 8.80 Å². The van der Waals surface area contributed by atoms with Gasteiger partial charge in [0.1, 0.15) is 0 Å². The fourth-order valence-corrected chi connectivity index (χ4v) is 6.14. The summed E-state index contributed by atoms with van der Waals surface area (Å²) >= 11 is 0. The number of hydrogen-bond acceptors (Lipinski definition) is 11. The van der Waals surface area contributed by atoms with Gasteiger partial charge in [-0.25, -0.2) is 5.01 Å². The van der Waals surface area contributed by atoms with E-state index >= 15 is 0 Å². The molecule has 0 aliphatic carbocycles. The molecule has 1 N–H and O–H groups in total. The van der Waals surface area contributed by atoms with Gasteiger partial charge < -0.3 is 13.3 Å². The van der Waals surface area contributed by atoms with E-state index < -0.39 is 8.80 Å². The summed E-state index contributed by atoms with van der Waals surface area (Å²) in [6.07, 6.45) is 9.50. The van der Waals surface area contributed by atoms with Crippen molar-refractivity contribution in [3.63, 3.8) is 0 Å². The molecule has 0 saturated carbocycles. The average molecular weight is 441 g/mol. The van der Waals surface area contributed by atoms with Crippen molar-refractivity contribution in [3.05, 3.63) is 11.6 Å². The number of hydrazine groups is 1. The molecule has 0 radical (unpaired) electrons. The summed E-state index contributed by atoms with van der Waals surface area (Å²) in [6.45, 7) is 8.76. The van der Waals surface area contributed by atoms with E-state index in [1.165, 1.54) is 38.5 Å². The third kappa shape index (κ3) is 8.17. The van der Waals surface area contributed by atoms with E-state index in [1.54, 1.807) is 0 Å². The van der Waals surface area contributed by atoms with Crippen molar-refractivity contribution in [2.45, 2.75) is 78.2 Å². The van der Waals surface area contributed by atoms with Gasteiger partial charge in [0, 0.05) is 32.4 Å². The summed E-state index contributed by atoms with van der Waals surface area (Å²) in [6, 6.07) is 0.915. The first-order valence-corrected chi connectivity index (χ1v) is 13.1. The van der Waals surface area contributed by atoms with Crippen molar-refractivity contribution in [1.29, 1.82) is 0 Å². The molecule has 2 rings (SSSR count). The maximum atomic E-state index is 5.91. The van der Waals surface area contributed by atoms with E-state index in [9.17, 15) is 0 Å². The van der Waals surface area contributed by atoms with Crippen LogP contribution in [0.15, 0.2) is 42.7 Å². The van der Waals surface area contributed by atoms with Crippen LogP contribution in [0.5, 0.6) is 0 Å². The van der Waals surface area contributed by atoms with Gasteiger partial charge in [0.15, 0.2) is 0 Å². The summed E-state index contributed by atoms with van der Waals surface area (Å²) < 4.78 is 17.7. The fraction of sp³-hybridized carbons (Fsp3) is 0.889. The van der Waals surface area contributed by atoms with Gasteiger partial charge in [-0.15, -0.1) is 15.3 Å². The Bertz CT molecular complexity index is 583. The first-order chi connectivity index (χ1) is 14.7. The molecular formula is C18H36N8O3Si. The minimum atomic E-state index is -2.47. The van der Waals surface area contributed by atoms with Crippen LogP contribution in [0.2, 0.25) is 6.04 Å². The molecule has 0 aromatic heterocycles. The highest BCUT2D eigenvalue weighted by atomic mass is 28.4. The van der Waals surface area contributed by atoms with Gasteiger partial charge in [0.25, 0.3) is 0 Å². The number of nitrogens with one attached hydrogen (secondary N) is 1. The van der Waals surface area contributed by atoms with Gasteiger partial charge in [0.2, 0.25) is 11.6 Å². The SMILES string of the molecule is CCO[Si](CCCCCCCCCCN1NN=NC1=C1N=NN=N1)(OCC)OCC. The Morgan fingerprint density at radius 1 is 0.733 bits per heavy atom. The Kier molecular flexibility index (Phi) is 11.7. The Morgan fingerprint density at radius 2 is 1.27 bits per heavy atom. The maximum absolute atomic E-state index is 5.91. The normalized spacial score (nSPS) is 15.6. The molecule has 0 saturated heterocycles. The molecule has 0 spiro atoms. The van der Waals surface area contributed by atoms with Gasteiger partial charge in [0.05, 0.1) is 0 Å². The number of nitrogens with zero attached hydrogens (tertiary/aromatic N) is 7. The average Bonchev–Trinajstić information content (AvgIpc) is 3.41. The lowest BCUT2D eigenvalue weighted by Crippen LogP contribution is -2.45. The van der Waals surface area contributed by atoms with Gasteiger partial charge in [-0.2, -0.15) is 5.53 Å². The highest BCUT2D eigenvalue weighted by molar-refractivity contribution is 6.60. The monoisotopic (exact) mass is 440 g/mol. The standard InChI is InChI=1S/C18H36N8O3Si/c1-4-27-30(28-5-2,29-6-3)16-14-12-10-8-7-9-11-13-15-26-18(21-24-25-26)17-19-22-23-20-17/h4-16H2,1-3H3,(H,21,25). The maximum Gasteiger partial charge on any atom is 0.500 e. The lowest BCUT2D eigenvalue weighted by Gasteiger charge is -2.28. The smallest absolute Gasteiger partial charge is 0.374 e. The molecule has 30 heavy (non-hydrogen) atoms. The summed E-state index contributed by atoms with van der Waals surface area (Å²) in [5.74, 6) is 0.972. The minimum absolute atomic E-state index is 0.397. The molecule has 0 amide bonds. The molecule has 0 bridgehead atoms. The van der Waals surface area contributed by atoms with E-state index in [0.717, 1.165) is 25.4 Å². The van der Waals surface area contributed by atoms with Crippen LogP contribution >= 0.6 is 0 Å². The van der Waals surface area contributed by atoms with Crippen LogP contribution in [0.4, 0.5) is 0 Å². The first-order valence-electron chi connectivity index (χ1n) is 11.2. The second-order valence-corrected chi connectivity index (χ2v) is 9.77. The van der Waals surface area contributed by atoms with Crippen LogP contribution in [0.3, 0.4) is 0 Å². The van der Waals surface area contributed by atoms with Crippen LogP contribution in [-0.2, 0) is 13.3 Å². The molecule has 2 aliphatic heterocycles. The van der Waals surface area contributed by atoms with Crippen LogP contribution in [0.25, 0.3) is 0 Å². The summed E-state index contributed by atoms with van der Waals surface area (Å²) in [7, 11) is -2.47. The number of rotatable bonds is 17. The molecular weight excluding hydrogens is 404 g/mol. The van der Waals surface area contributed by atoms with Crippen LogP contribution < -0.4 is 5.53 Å². The lowest BCUT2D eigenvalue weighted by molar-refractivity contribution is 0.0706. The van der Waals surface area contributed by atoms with Crippen LogP contribution in [0.1, 0.15) is 72.1 Å². The largest absolute Gasteiger partial charge is 0.500 e. The van der Waals surface area contributed by atoms with E-state index in [2.05, 4.69) is 36.5 Å². The molecule has 0 fully saturated rings. The zero-order valence-corrected chi connectivity index (χ0v) is 19.5. The van der Waals surface area contributed by atoms with Gasteiger partial charge in [-0.3, -0.25) is 0 Å². The molecule has 2 heterocycles. The zero-order chi connectivity index (χ0) is 21.5. The highest BCUT2D eigenvalue weighted by Gasteiger charge is 2.39. The molecule has 12 heteroatoms. The predicted octanol–water partition coefficient (Wildman–Crippen LogP) is 5.30. The van der Waals surface area contributed by atoms with Crippen molar-refractivity contribution in [2.75, 3.05) is 26.4 Å². The third-order valence-corrected chi connectivity index (χ3v) is 7.94. The van der Waals surface area contributed by atoms with E-state index in [4.69, 9.17) is 13.3 Å². The van der Waals surface area contributed by atoms with Gasteiger partial charge >= 0.3 is 8.80 Å². The van der Waals surface area contributed by atoms with Gasteiger partial charge in [-0.1, -0.05) is 43.7 Å². The third-order valence-electron chi connectivity index (χ3n) is 4.79. The quantitative estimate of drug-likeness (QED) is 0.243. The van der Waals surface area contributed by atoms with E-state index in [0.29, 0.717) is 31.5 Å². The Morgan fingerprint density at radius 3 is 1.83 bits per heavy atom. The highest BCUT2D eigenvalue weighted by Crippen LogP contribution is 2.23. The van der Waals surface area contributed by atoms with Crippen LogP contribution in [0, 0.1) is 0 Å². The number of unbranched alkanes of at least 4 members (excludes halogenated alkanes) is 7. The summed E-state index contributed by atoms with van der Waals surface area (Å²) in [4.78, 5) is 0. The summed E-state index contributed by atoms with van der Waals surface area (Å²) in [5, 5.41) is 24.3. The predicted molar refractivity (Wildman–Crippen MR) is 114 cm³/mol. The van der Waals surface area contributed by atoms with Crippen LogP contribution in [-0.4, -0.2) is 40.2 Å². The molecule has 0 aromatic carbocycles. The number of hydrogen-bond donors (Lipinski definition) is 1. The Labute approximate surface area is 180 Å². The second kappa shape index (κ2) is 14.3. The molecule has 0 unspecified atom stereocenters. The molecule has 170 valence electrons. The first kappa shape index (κ1) is 24.5. The van der Waals surface area contributed by atoms with E-state index in [1.807, 2.05) is 25.8 Å². The Hall–Kier alpha value is -1.76. The van der Waals surface area contributed by atoms with Crippen molar-refractivity contribution in [1.82, 2.24) is 10.5 Å². The molecule has 0 atom stereocenters. The fourth-order valence-electron chi connectivity index (χ4n) is 3.45. The minimum Gasteiger partial charge on any atom is -0.374 e. The Balaban J connectivity index is 1.50. The topological polar surface area (TPSA) is 117 Å². The van der Waals surface area contributed by atoms with E-state index in [-0.39, 0.29) is 0 Å². The van der Waals surface area contributed by atoms with Gasteiger partial charge in [-0.05, 0) is 44.1 Å².